The van der Waals surface area contributed by atoms with Gasteiger partial charge in [0.25, 0.3) is 0 Å². The first-order valence-corrected chi connectivity index (χ1v) is 6.59. The highest BCUT2D eigenvalue weighted by atomic mass is 16.5. The van der Waals surface area contributed by atoms with Gasteiger partial charge in [0, 0.05) is 18.5 Å². The standard InChI is InChI=1S/C14H18N4O/c1-19-12-7-3-2-5-10(12)9-13-16-17-14-11(15)6-4-8-18(13)14/h2-3,5,7,11H,4,6,8-9,15H2,1H3. The summed E-state index contributed by atoms with van der Waals surface area (Å²) in [5.41, 5.74) is 7.19. The summed E-state index contributed by atoms with van der Waals surface area (Å²) in [4.78, 5) is 0. The Morgan fingerprint density at radius 2 is 2.21 bits per heavy atom. The fourth-order valence-electron chi connectivity index (χ4n) is 2.62. The predicted octanol–water partition coefficient (Wildman–Crippen LogP) is 1.67. The number of para-hydroxylation sites is 1. The smallest absolute Gasteiger partial charge is 0.149 e. The summed E-state index contributed by atoms with van der Waals surface area (Å²) in [6.45, 7) is 0.959. The van der Waals surface area contributed by atoms with Crippen molar-refractivity contribution in [3.63, 3.8) is 0 Å². The first-order valence-electron chi connectivity index (χ1n) is 6.59. The Morgan fingerprint density at radius 1 is 1.37 bits per heavy atom. The highest BCUT2D eigenvalue weighted by Gasteiger charge is 2.22. The Bertz CT molecular complexity index is 579. The lowest BCUT2D eigenvalue weighted by molar-refractivity contribution is 0.409. The van der Waals surface area contributed by atoms with E-state index in [1.165, 1.54) is 0 Å². The molecule has 2 aromatic rings. The molecule has 1 aliphatic rings. The van der Waals surface area contributed by atoms with E-state index in [9.17, 15) is 0 Å². The van der Waals surface area contributed by atoms with Crippen LogP contribution in [0, 0.1) is 0 Å². The van der Waals surface area contributed by atoms with Crippen molar-refractivity contribution < 1.29 is 4.74 Å². The quantitative estimate of drug-likeness (QED) is 0.909. The molecule has 1 atom stereocenters. The number of benzene rings is 1. The Balaban J connectivity index is 1.92. The molecule has 1 unspecified atom stereocenters. The molecule has 0 saturated heterocycles. The number of hydrogen-bond donors (Lipinski definition) is 1. The molecule has 1 aromatic carbocycles. The Morgan fingerprint density at radius 3 is 3.05 bits per heavy atom. The van der Waals surface area contributed by atoms with Crippen LogP contribution in [0.4, 0.5) is 0 Å². The second-order valence-corrected chi connectivity index (χ2v) is 4.86. The van der Waals surface area contributed by atoms with Crippen molar-refractivity contribution in [2.45, 2.75) is 31.8 Å². The maximum absolute atomic E-state index is 6.06. The van der Waals surface area contributed by atoms with Gasteiger partial charge in [0.15, 0.2) is 0 Å². The highest BCUT2D eigenvalue weighted by molar-refractivity contribution is 5.35. The van der Waals surface area contributed by atoms with Crippen molar-refractivity contribution in [1.29, 1.82) is 0 Å². The second kappa shape index (κ2) is 5.01. The normalized spacial score (nSPS) is 18.1. The van der Waals surface area contributed by atoms with Gasteiger partial charge in [-0.05, 0) is 18.9 Å². The monoisotopic (exact) mass is 258 g/mol. The van der Waals surface area contributed by atoms with Crippen LogP contribution >= 0.6 is 0 Å². The molecular weight excluding hydrogens is 240 g/mol. The van der Waals surface area contributed by atoms with E-state index in [0.717, 1.165) is 48.8 Å². The van der Waals surface area contributed by atoms with Crippen LogP contribution in [0.25, 0.3) is 0 Å². The lowest BCUT2D eigenvalue weighted by atomic mass is 10.1. The third kappa shape index (κ3) is 2.21. The van der Waals surface area contributed by atoms with E-state index < -0.39 is 0 Å². The minimum Gasteiger partial charge on any atom is -0.496 e. The third-order valence-electron chi connectivity index (χ3n) is 3.63. The van der Waals surface area contributed by atoms with Crippen molar-refractivity contribution in [2.75, 3.05) is 7.11 Å². The number of nitrogens with zero attached hydrogens (tertiary/aromatic N) is 3. The fraction of sp³-hybridized carbons (Fsp3) is 0.429. The van der Waals surface area contributed by atoms with E-state index in [0.29, 0.717) is 0 Å². The number of nitrogens with two attached hydrogens (primary N) is 1. The van der Waals surface area contributed by atoms with Gasteiger partial charge in [-0.25, -0.2) is 0 Å². The molecule has 5 heteroatoms. The predicted molar refractivity (Wildman–Crippen MR) is 72.0 cm³/mol. The van der Waals surface area contributed by atoms with Crippen LogP contribution in [0.2, 0.25) is 0 Å². The lowest BCUT2D eigenvalue weighted by Crippen LogP contribution is -2.23. The van der Waals surface area contributed by atoms with Gasteiger partial charge in [0.05, 0.1) is 13.2 Å². The van der Waals surface area contributed by atoms with Crippen LogP contribution in [-0.2, 0) is 13.0 Å². The van der Waals surface area contributed by atoms with Crippen molar-refractivity contribution >= 4 is 0 Å². The zero-order valence-corrected chi connectivity index (χ0v) is 11.0. The summed E-state index contributed by atoms with van der Waals surface area (Å²) in [6, 6.07) is 8.03. The van der Waals surface area contributed by atoms with Gasteiger partial charge < -0.3 is 15.0 Å². The molecule has 19 heavy (non-hydrogen) atoms. The van der Waals surface area contributed by atoms with E-state index in [2.05, 4.69) is 20.8 Å². The Kier molecular flexibility index (Phi) is 3.21. The molecule has 1 aromatic heterocycles. The first-order chi connectivity index (χ1) is 9.29. The fourth-order valence-corrected chi connectivity index (χ4v) is 2.62. The number of methoxy groups -OCH3 is 1. The largest absolute Gasteiger partial charge is 0.496 e. The van der Waals surface area contributed by atoms with E-state index in [-0.39, 0.29) is 6.04 Å². The van der Waals surface area contributed by atoms with Crippen LogP contribution in [0.5, 0.6) is 5.75 Å². The van der Waals surface area contributed by atoms with Gasteiger partial charge >= 0.3 is 0 Å². The molecule has 5 nitrogen and oxygen atoms in total. The summed E-state index contributed by atoms with van der Waals surface area (Å²) in [5.74, 6) is 2.77. The van der Waals surface area contributed by atoms with Gasteiger partial charge in [-0.2, -0.15) is 0 Å². The van der Waals surface area contributed by atoms with Gasteiger partial charge in [0.1, 0.15) is 17.4 Å². The zero-order chi connectivity index (χ0) is 13.2. The van der Waals surface area contributed by atoms with Gasteiger partial charge in [-0.3, -0.25) is 0 Å². The second-order valence-electron chi connectivity index (χ2n) is 4.86. The molecule has 2 N–H and O–H groups in total. The molecule has 0 amide bonds. The average Bonchev–Trinajstić information content (AvgIpc) is 2.84. The number of ether oxygens (including phenoxy) is 1. The maximum Gasteiger partial charge on any atom is 0.149 e. The summed E-state index contributed by atoms with van der Waals surface area (Å²) in [7, 11) is 1.69. The summed E-state index contributed by atoms with van der Waals surface area (Å²) in [6.07, 6.45) is 2.81. The average molecular weight is 258 g/mol. The Labute approximate surface area is 112 Å². The number of rotatable bonds is 3. The van der Waals surface area contributed by atoms with E-state index in [4.69, 9.17) is 10.5 Å². The molecule has 0 fully saturated rings. The molecule has 0 spiro atoms. The first kappa shape index (κ1) is 12.2. The summed E-state index contributed by atoms with van der Waals surface area (Å²) >= 11 is 0. The minimum absolute atomic E-state index is 0.0210. The van der Waals surface area contributed by atoms with Gasteiger partial charge in [0.2, 0.25) is 0 Å². The molecule has 3 rings (SSSR count). The van der Waals surface area contributed by atoms with Crippen LogP contribution in [0.1, 0.15) is 36.1 Å². The topological polar surface area (TPSA) is 66.0 Å². The maximum atomic E-state index is 6.06. The minimum atomic E-state index is 0.0210. The van der Waals surface area contributed by atoms with Crippen LogP contribution in [0.15, 0.2) is 24.3 Å². The SMILES string of the molecule is COc1ccccc1Cc1nnc2n1CCCC2N. The third-order valence-corrected chi connectivity index (χ3v) is 3.63. The van der Waals surface area contributed by atoms with Gasteiger partial charge in [-0.1, -0.05) is 18.2 Å². The number of fused-ring (bicyclic) bond motifs is 1. The number of aromatic nitrogens is 3. The van der Waals surface area contributed by atoms with Crippen molar-refractivity contribution in [3.05, 3.63) is 41.5 Å². The number of hydrogen-bond acceptors (Lipinski definition) is 4. The molecule has 2 heterocycles. The van der Waals surface area contributed by atoms with E-state index in [1.807, 2.05) is 18.2 Å². The lowest BCUT2D eigenvalue weighted by Gasteiger charge is -2.20. The molecular formula is C14H18N4O. The Hall–Kier alpha value is -1.88. The molecule has 0 saturated carbocycles. The van der Waals surface area contributed by atoms with Crippen molar-refractivity contribution in [2.24, 2.45) is 5.73 Å². The van der Waals surface area contributed by atoms with Crippen molar-refractivity contribution in [3.8, 4) is 5.75 Å². The molecule has 0 aliphatic carbocycles. The van der Waals surface area contributed by atoms with Gasteiger partial charge in [-0.15, -0.1) is 10.2 Å². The van der Waals surface area contributed by atoms with Crippen LogP contribution < -0.4 is 10.5 Å². The molecule has 0 bridgehead atoms. The van der Waals surface area contributed by atoms with Crippen molar-refractivity contribution in [1.82, 2.24) is 14.8 Å². The molecule has 100 valence electrons. The van der Waals surface area contributed by atoms with E-state index in [1.54, 1.807) is 7.11 Å². The molecule has 0 radical (unpaired) electrons. The van der Waals surface area contributed by atoms with E-state index >= 15 is 0 Å². The summed E-state index contributed by atoms with van der Waals surface area (Å²) < 4.78 is 7.53. The van der Waals surface area contributed by atoms with Crippen LogP contribution in [0.3, 0.4) is 0 Å². The highest BCUT2D eigenvalue weighted by Crippen LogP contribution is 2.25. The van der Waals surface area contributed by atoms with Crippen LogP contribution in [-0.4, -0.2) is 21.9 Å². The summed E-state index contributed by atoms with van der Waals surface area (Å²) in [5, 5.41) is 8.53. The zero-order valence-electron chi connectivity index (χ0n) is 11.0. The molecule has 1 aliphatic heterocycles.